The summed E-state index contributed by atoms with van der Waals surface area (Å²) in [4.78, 5) is 23.1. The summed E-state index contributed by atoms with van der Waals surface area (Å²) in [7, 11) is 0. The van der Waals surface area contributed by atoms with E-state index in [-0.39, 0.29) is 6.04 Å². The summed E-state index contributed by atoms with van der Waals surface area (Å²) in [6.45, 7) is 2.08. The van der Waals surface area contributed by atoms with E-state index in [9.17, 15) is 23.7 Å². The average molecular weight is 270 g/mol. The third kappa shape index (κ3) is 2.54. The molecule has 0 spiro atoms. The van der Waals surface area contributed by atoms with Gasteiger partial charge in [0.1, 0.15) is 5.82 Å². The van der Waals surface area contributed by atoms with Gasteiger partial charge in [0.2, 0.25) is 5.82 Å². The molecule has 0 bridgehead atoms. The maximum Gasteiger partial charge on any atom is 0.308 e. The first kappa shape index (κ1) is 13.4. The molecule has 0 unspecified atom stereocenters. The second kappa shape index (κ2) is 4.91. The highest BCUT2D eigenvalue weighted by Crippen LogP contribution is 2.30. The minimum atomic E-state index is -1.28. The number of nitro groups is 1. The fourth-order valence-electron chi connectivity index (χ4n) is 1.97. The van der Waals surface area contributed by atoms with Gasteiger partial charge in [-0.15, -0.1) is 0 Å². The summed E-state index contributed by atoms with van der Waals surface area (Å²) in [6.07, 6.45) is 1.64. The minimum absolute atomic E-state index is 0.0271. The molecule has 0 aromatic heterocycles. The van der Waals surface area contributed by atoms with E-state index in [0.717, 1.165) is 12.8 Å². The van der Waals surface area contributed by atoms with E-state index in [1.54, 1.807) is 6.92 Å². The average Bonchev–Trinajstić information content (AvgIpc) is 3.16. The fraction of sp³-hybridized carbons (Fsp3) is 0.417. The van der Waals surface area contributed by atoms with Crippen molar-refractivity contribution in [1.29, 1.82) is 0 Å². The van der Waals surface area contributed by atoms with Crippen molar-refractivity contribution in [3.8, 4) is 0 Å². The van der Waals surface area contributed by atoms with Crippen LogP contribution < -0.4 is 0 Å². The Hall–Kier alpha value is -2.05. The zero-order chi connectivity index (χ0) is 14.2. The first-order valence-corrected chi connectivity index (χ1v) is 5.90. The van der Waals surface area contributed by atoms with Gasteiger partial charge in [0.15, 0.2) is 0 Å². The number of rotatable bonds is 4. The van der Waals surface area contributed by atoms with Crippen molar-refractivity contribution in [1.82, 2.24) is 4.90 Å². The second-order valence-electron chi connectivity index (χ2n) is 4.37. The molecule has 1 aromatic rings. The van der Waals surface area contributed by atoms with Crippen LogP contribution in [0.3, 0.4) is 0 Å². The molecule has 1 aliphatic carbocycles. The quantitative estimate of drug-likeness (QED) is 0.623. The van der Waals surface area contributed by atoms with E-state index < -0.39 is 33.7 Å². The van der Waals surface area contributed by atoms with Gasteiger partial charge in [-0.1, -0.05) is 0 Å². The lowest BCUT2D eigenvalue weighted by molar-refractivity contribution is -0.387. The standard InChI is InChI=1S/C12H12F2N2O3/c1-2-15(8-3-4-8)12(17)9-5-7(13)6-10(11(9)14)16(18)19/h5-6,8H,2-4H2,1H3. The third-order valence-corrected chi connectivity index (χ3v) is 3.03. The van der Waals surface area contributed by atoms with E-state index in [0.29, 0.717) is 18.7 Å². The molecular weight excluding hydrogens is 258 g/mol. The maximum absolute atomic E-state index is 13.9. The molecule has 5 nitrogen and oxygen atoms in total. The first-order valence-electron chi connectivity index (χ1n) is 5.90. The van der Waals surface area contributed by atoms with Gasteiger partial charge in [0.05, 0.1) is 16.6 Å². The molecule has 0 saturated heterocycles. The van der Waals surface area contributed by atoms with Gasteiger partial charge in [-0.25, -0.2) is 4.39 Å². The van der Waals surface area contributed by atoms with Gasteiger partial charge in [-0.3, -0.25) is 14.9 Å². The molecule has 1 saturated carbocycles. The van der Waals surface area contributed by atoms with E-state index >= 15 is 0 Å². The van der Waals surface area contributed by atoms with Crippen LogP contribution in [0.2, 0.25) is 0 Å². The van der Waals surface area contributed by atoms with Crippen LogP contribution in [0.4, 0.5) is 14.5 Å². The zero-order valence-electron chi connectivity index (χ0n) is 10.2. The third-order valence-electron chi connectivity index (χ3n) is 3.03. The summed E-state index contributed by atoms with van der Waals surface area (Å²) in [6, 6.07) is 1.20. The highest BCUT2D eigenvalue weighted by atomic mass is 19.1. The Morgan fingerprint density at radius 3 is 2.58 bits per heavy atom. The molecule has 19 heavy (non-hydrogen) atoms. The topological polar surface area (TPSA) is 63.5 Å². The van der Waals surface area contributed by atoms with E-state index in [4.69, 9.17) is 0 Å². The monoisotopic (exact) mass is 270 g/mol. The van der Waals surface area contributed by atoms with Crippen molar-refractivity contribution < 1.29 is 18.5 Å². The van der Waals surface area contributed by atoms with Gasteiger partial charge in [-0.2, -0.15) is 4.39 Å². The number of halogens is 2. The van der Waals surface area contributed by atoms with Gasteiger partial charge in [0, 0.05) is 12.6 Å². The van der Waals surface area contributed by atoms with Crippen LogP contribution in [0.1, 0.15) is 30.1 Å². The number of benzene rings is 1. The van der Waals surface area contributed by atoms with Crippen LogP contribution in [0, 0.1) is 21.7 Å². The lowest BCUT2D eigenvalue weighted by atomic mass is 10.1. The largest absolute Gasteiger partial charge is 0.336 e. The minimum Gasteiger partial charge on any atom is -0.336 e. The molecule has 0 atom stereocenters. The van der Waals surface area contributed by atoms with Crippen LogP contribution in [-0.4, -0.2) is 28.3 Å². The van der Waals surface area contributed by atoms with Gasteiger partial charge < -0.3 is 4.90 Å². The molecule has 2 rings (SSSR count). The van der Waals surface area contributed by atoms with Crippen LogP contribution in [0.5, 0.6) is 0 Å². The van der Waals surface area contributed by atoms with Gasteiger partial charge in [0.25, 0.3) is 5.91 Å². The number of amides is 1. The SMILES string of the molecule is CCN(C(=O)c1cc(F)cc([N+](=O)[O-])c1F)C1CC1. The molecule has 1 aliphatic rings. The maximum atomic E-state index is 13.9. The first-order chi connectivity index (χ1) is 8.95. The van der Waals surface area contributed by atoms with Gasteiger partial charge in [-0.05, 0) is 25.8 Å². The predicted octanol–water partition coefficient (Wildman–Crippen LogP) is 2.50. The van der Waals surface area contributed by atoms with Crippen LogP contribution in [0.15, 0.2) is 12.1 Å². The zero-order valence-corrected chi connectivity index (χ0v) is 10.2. The van der Waals surface area contributed by atoms with Crippen molar-refractivity contribution in [2.45, 2.75) is 25.8 Å². The molecule has 0 radical (unpaired) electrons. The van der Waals surface area contributed by atoms with Crippen LogP contribution in [-0.2, 0) is 0 Å². The lowest BCUT2D eigenvalue weighted by Crippen LogP contribution is -2.33. The lowest BCUT2D eigenvalue weighted by Gasteiger charge is -2.20. The Morgan fingerprint density at radius 1 is 1.47 bits per heavy atom. The van der Waals surface area contributed by atoms with Crippen LogP contribution >= 0.6 is 0 Å². The van der Waals surface area contributed by atoms with E-state index in [1.807, 2.05) is 0 Å². The summed E-state index contributed by atoms with van der Waals surface area (Å²) < 4.78 is 27.1. The van der Waals surface area contributed by atoms with Crippen molar-refractivity contribution >= 4 is 11.6 Å². The molecule has 1 fully saturated rings. The Bertz CT molecular complexity index is 544. The van der Waals surface area contributed by atoms with Crippen molar-refractivity contribution in [2.24, 2.45) is 0 Å². The van der Waals surface area contributed by atoms with E-state index in [1.165, 1.54) is 4.90 Å². The molecule has 0 aliphatic heterocycles. The summed E-state index contributed by atoms with van der Waals surface area (Å²) >= 11 is 0. The Morgan fingerprint density at radius 2 is 2.11 bits per heavy atom. The Labute approximate surface area is 108 Å². The molecule has 7 heteroatoms. The van der Waals surface area contributed by atoms with Crippen LogP contribution in [0.25, 0.3) is 0 Å². The number of nitro benzene ring substituents is 1. The Kier molecular flexibility index (Phi) is 3.46. The molecule has 102 valence electrons. The van der Waals surface area contributed by atoms with E-state index in [2.05, 4.69) is 0 Å². The summed E-state index contributed by atoms with van der Waals surface area (Å²) in [5.41, 5.74) is -1.60. The number of nitrogens with zero attached hydrogens (tertiary/aromatic N) is 2. The highest BCUT2D eigenvalue weighted by Gasteiger charge is 2.34. The predicted molar refractivity (Wildman–Crippen MR) is 62.7 cm³/mol. The smallest absolute Gasteiger partial charge is 0.308 e. The number of carbonyl (C=O) groups excluding carboxylic acids is 1. The van der Waals surface area contributed by atoms with Gasteiger partial charge >= 0.3 is 5.69 Å². The molecular formula is C12H12F2N2O3. The summed E-state index contributed by atoms with van der Waals surface area (Å²) in [5.74, 6) is -2.98. The number of hydrogen-bond donors (Lipinski definition) is 0. The molecule has 1 amide bonds. The number of carbonyl (C=O) groups is 1. The summed E-state index contributed by atoms with van der Waals surface area (Å²) in [5, 5.41) is 10.6. The normalized spacial score (nSPS) is 14.3. The van der Waals surface area contributed by atoms with Crippen molar-refractivity contribution in [3.63, 3.8) is 0 Å². The second-order valence-corrected chi connectivity index (χ2v) is 4.37. The molecule has 0 heterocycles. The van der Waals surface area contributed by atoms with Crippen molar-refractivity contribution in [3.05, 3.63) is 39.4 Å². The molecule has 0 N–H and O–H groups in total. The van der Waals surface area contributed by atoms with Crippen molar-refractivity contribution in [2.75, 3.05) is 6.54 Å². The fourth-order valence-corrected chi connectivity index (χ4v) is 1.97. The highest BCUT2D eigenvalue weighted by molar-refractivity contribution is 5.95. The molecule has 1 aromatic carbocycles. The number of hydrogen-bond acceptors (Lipinski definition) is 3. The Balaban J connectivity index is 2.43.